The molecular weight excluding hydrogens is 313 g/mol. The summed E-state index contributed by atoms with van der Waals surface area (Å²) in [4.78, 5) is 26.1. The average Bonchev–Trinajstić information content (AvgIpc) is 2.95. The van der Waals surface area contributed by atoms with Gasteiger partial charge in [0.1, 0.15) is 11.6 Å². The number of carbonyl (C=O) groups excluding carboxylic acids is 1. The van der Waals surface area contributed by atoms with E-state index in [2.05, 4.69) is 0 Å². The Morgan fingerprint density at radius 1 is 1.29 bits per heavy atom. The lowest BCUT2D eigenvalue weighted by Gasteiger charge is -2.32. The van der Waals surface area contributed by atoms with Crippen LogP contribution in [0.1, 0.15) is 34.1 Å². The predicted molar refractivity (Wildman–Crippen MR) is 87.2 cm³/mol. The molecule has 1 amide bonds. The van der Waals surface area contributed by atoms with Crippen molar-refractivity contribution >= 4 is 11.9 Å². The standard InChI is InChI=1S/C18H24FNO4/c1-12(2)18(16(22)23)9-10-20(11-18)15(21)17(3,4)24-14-7-5-13(19)6-8-14/h5-8,12H,9-11H2,1-4H3,(H,22,23). The minimum atomic E-state index is -1.16. The quantitative estimate of drug-likeness (QED) is 0.897. The number of benzene rings is 1. The van der Waals surface area contributed by atoms with Gasteiger partial charge in [0.2, 0.25) is 0 Å². The molecule has 1 aromatic carbocycles. The van der Waals surface area contributed by atoms with Crippen molar-refractivity contribution in [1.29, 1.82) is 0 Å². The zero-order valence-electron chi connectivity index (χ0n) is 14.5. The molecule has 0 aromatic heterocycles. The lowest BCUT2D eigenvalue weighted by Crippen LogP contribution is -2.49. The van der Waals surface area contributed by atoms with E-state index in [1.165, 1.54) is 24.3 Å². The van der Waals surface area contributed by atoms with Gasteiger partial charge in [0.25, 0.3) is 5.91 Å². The predicted octanol–water partition coefficient (Wildman–Crippen LogP) is 2.94. The highest BCUT2D eigenvalue weighted by Crippen LogP contribution is 2.39. The second kappa shape index (κ2) is 6.42. The number of ether oxygens (including phenoxy) is 1. The molecule has 1 N–H and O–H groups in total. The van der Waals surface area contributed by atoms with Crippen LogP contribution in [0.3, 0.4) is 0 Å². The van der Waals surface area contributed by atoms with E-state index in [-0.39, 0.29) is 24.2 Å². The van der Waals surface area contributed by atoms with Crippen LogP contribution in [-0.2, 0) is 9.59 Å². The average molecular weight is 337 g/mol. The highest BCUT2D eigenvalue weighted by atomic mass is 19.1. The summed E-state index contributed by atoms with van der Waals surface area (Å²) in [5.41, 5.74) is -2.08. The van der Waals surface area contributed by atoms with Gasteiger partial charge in [-0.25, -0.2) is 4.39 Å². The van der Waals surface area contributed by atoms with Gasteiger partial charge < -0.3 is 14.7 Å². The third-order valence-corrected chi connectivity index (χ3v) is 4.82. The van der Waals surface area contributed by atoms with Gasteiger partial charge in [-0.05, 0) is 50.5 Å². The summed E-state index contributed by atoms with van der Waals surface area (Å²) >= 11 is 0. The topological polar surface area (TPSA) is 66.8 Å². The van der Waals surface area contributed by atoms with Crippen LogP contribution in [0.2, 0.25) is 0 Å². The van der Waals surface area contributed by atoms with Gasteiger partial charge in [-0.1, -0.05) is 13.8 Å². The van der Waals surface area contributed by atoms with Crippen LogP contribution in [0.4, 0.5) is 4.39 Å². The number of hydrogen-bond donors (Lipinski definition) is 1. The van der Waals surface area contributed by atoms with E-state index in [0.29, 0.717) is 18.7 Å². The van der Waals surface area contributed by atoms with E-state index in [4.69, 9.17) is 4.74 Å². The van der Waals surface area contributed by atoms with Crippen molar-refractivity contribution < 1.29 is 23.8 Å². The highest BCUT2D eigenvalue weighted by Gasteiger charge is 2.50. The molecule has 5 nitrogen and oxygen atoms in total. The Balaban J connectivity index is 2.13. The molecule has 0 aliphatic carbocycles. The second-order valence-corrected chi connectivity index (χ2v) is 7.16. The summed E-state index contributed by atoms with van der Waals surface area (Å²) in [5, 5.41) is 9.59. The maximum absolute atomic E-state index is 13.0. The number of rotatable bonds is 5. The summed E-state index contributed by atoms with van der Waals surface area (Å²) in [7, 11) is 0. The monoisotopic (exact) mass is 337 g/mol. The first-order chi connectivity index (χ1) is 11.1. The third-order valence-electron chi connectivity index (χ3n) is 4.82. The van der Waals surface area contributed by atoms with Crippen molar-refractivity contribution in [3.8, 4) is 5.75 Å². The lowest BCUT2D eigenvalue weighted by atomic mass is 9.76. The van der Waals surface area contributed by atoms with Crippen molar-refractivity contribution in [3.05, 3.63) is 30.1 Å². The molecule has 1 fully saturated rings. The molecule has 1 unspecified atom stereocenters. The van der Waals surface area contributed by atoms with Gasteiger partial charge in [0.05, 0.1) is 5.41 Å². The Labute approximate surface area is 141 Å². The Hall–Kier alpha value is -2.11. The first-order valence-electron chi connectivity index (χ1n) is 8.06. The smallest absolute Gasteiger partial charge is 0.311 e. The maximum Gasteiger partial charge on any atom is 0.311 e. The molecular formula is C18H24FNO4. The summed E-state index contributed by atoms with van der Waals surface area (Å²) < 4.78 is 18.7. The number of amides is 1. The minimum absolute atomic E-state index is 0.0751. The molecule has 2 rings (SSSR count). The Bertz CT molecular complexity index is 626. The molecule has 24 heavy (non-hydrogen) atoms. The van der Waals surface area contributed by atoms with E-state index in [9.17, 15) is 19.1 Å². The largest absolute Gasteiger partial charge is 0.481 e. The molecule has 1 aliphatic rings. The van der Waals surface area contributed by atoms with Crippen molar-refractivity contribution in [2.45, 2.75) is 39.7 Å². The fourth-order valence-electron chi connectivity index (χ4n) is 3.12. The first kappa shape index (κ1) is 18.2. The highest BCUT2D eigenvalue weighted by molar-refractivity contribution is 5.86. The number of halogens is 1. The molecule has 1 saturated heterocycles. The van der Waals surface area contributed by atoms with Crippen LogP contribution in [0.15, 0.2) is 24.3 Å². The normalized spacial score (nSPS) is 21.2. The van der Waals surface area contributed by atoms with Crippen molar-refractivity contribution in [2.75, 3.05) is 13.1 Å². The molecule has 0 spiro atoms. The van der Waals surface area contributed by atoms with Gasteiger partial charge in [-0.3, -0.25) is 9.59 Å². The van der Waals surface area contributed by atoms with Crippen LogP contribution in [-0.4, -0.2) is 40.6 Å². The Morgan fingerprint density at radius 3 is 2.33 bits per heavy atom. The molecule has 1 aromatic rings. The van der Waals surface area contributed by atoms with Gasteiger partial charge in [-0.15, -0.1) is 0 Å². The van der Waals surface area contributed by atoms with Crippen molar-refractivity contribution in [2.24, 2.45) is 11.3 Å². The van der Waals surface area contributed by atoms with Gasteiger partial charge >= 0.3 is 5.97 Å². The fraction of sp³-hybridized carbons (Fsp3) is 0.556. The summed E-state index contributed by atoms with van der Waals surface area (Å²) in [6.45, 7) is 7.56. The fourth-order valence-corrected chi connectivity index (χ4v) is 3.12. The first-order valence-corrected chi connectivity index (χ1v) is 8.06. The van der Waals surface area contributed by atoms with Crippen LogP contribution in [0.5, 0.6) is 5.75 Å². The summed E-state index contributed by atoms with van der Waals surface area (Å²) in [5.74, 6) is -1.20. The lowest BCUT2D eigenvalue weighted by molar-refractivity contribution is -0.152. The van der Waals surface area contributed by atoms with Crippen LogP contribution < -0.4 is 4.74 Å². The maximum atomic E-state index is 13.0. The molecule has 1 atom stereocenters. The van der Waals surface area contributed by atoms with Crippen LogP contribution >= 0.6 is 0 Å². The molecule has 0 radical (unpaired) electrons. The molecule has 1 aliphatic heterocycles. The molecule has 0 bridgehead atoms. The number of carboxylic acids is 1. The molecule has 132 valence electrons. The van der Waals surface area contributed by atoms with E-state index >= 15 is 0 Å². The number of hydrogen-bond acceptors (Lipinski definition) is 3. The van der Waals surface area contributed by atoms with Crippen molar-refractivity contribution in [3.63, 3.8) is 0 Å². The second-order valence-electron chi connectivity index (χ2n) is 7.16. The van der Waals surface area contributed by atoms with Crippen molar-refractivity contribution in [1.82, 2.24) is 4.90 Å². The Morgan fingerprint density at radius 2 is 1.88 bits per heavy atom. The van der Waals surface area contributed by atoms with Crippen LogP contribution in [0.25, 0.3) is 0 Å². The molecule has 0 saturated carbocycles. The minimum Gasteiger partial charge on any atom is -0.481 e. The number of carbonyl (C=O) groups is 2. The van der Waals surface area contributed by atoms with E-state index in [1.54, 1.807) is 18.7 Å². The van der Waals surface area contributed by atoms with Gasteiger partial charge in [0.15, 0.2) is 5.60 Å². The summed E-state index contributed by atoms with van der Waals surface area (Å²) in [6, 6.07) is 5.45. The van der Waals surface area contributed by atoms with E-state index < -0.39 is 17.0 Å². The SMILES string of the molecule is CC(C)C1(C(=O)O)CCN(C(=O)C(C)(C)Oc2ccc(F)cc2)C1. The van der Waals surface area contributed by atoms with Crippen LogP contribution in [0, 0.1) is 17.2 Å². The number of likely N-dealkylation sites (tertiary alicyclic amines) is 1. The van der Waals surface area contributed by atoms with Gasteiger partial charge in [-0.2, -0.15) is 0 Å². The van der Waals surface area contributed by atoms with Gasteiger partial charge in [0, 0.05) is 13.1 Å². The zero-order valence-corrected chi connectivity index (χ0v) is 14.5. The zero-order chi connectivity index (χ0) is 18.1. The molecule has 1 heterocycles. The van der Waals surface area contributed by atoms with E-state index in [1.807, 2.05) is 13.8 Å². The van der Waals surface area contributed by atoms with E-state index in [0.717, 1.165) is 0 Å². The number of aliphatic carboxylic acids is 1. The third kappa shape index (κ3) is 3.37. The number of carboxylic acid groups (broad SMARTS) is 1. The molecule has 6 heteroatoms. The number of nitrogens with zero attached hydrogens (tertiary/aromatic N) is 1. The Kier molecular flexibility index (Phi) is 4.87. The summed E-state index contributed by atoms with van der Waals surface area (Å²) in [6.07, 6.45) is 0.429.